The lowest BCUT2D eigenvalue weighted by Gasteiger charge is -2.27. The van der Waals surface area contributed by atoms with E-state index in [9.17, 15) is 9.59 Å². The van der Waals surface area contributed by atoms with E-state index >= 15 is 0 Å². The molecule has 0 saturated heterocycles. The highest BCUT2D eigenvalue weighted by Gasteiger charge is 2.20. The Labute approximate surface area is 174 Å². The van der Waals surface area contributed by atoms with Gasteiger partial charge in [-0.15, -0.1) is 0 Å². The summed E-state index contributed by atoms with van der Waals surface area (Å²) in [6, 6.07) is 7.31. The van der Waals surface area contributed by atoms with Crippen LogP contribution in [-0.4, -0.2) is 31.8 Å². The molecule has 30 heavy (non-hydrogen) atoms. The molecule has 4 rings (SSSR count). The second-order valence-corrected chi connectivity index (χ2v) is 7.89. The first kappa shape index (κ1) is 19.9. The zero-order chi connectivity index (χ0) is 20.9. The summed E-state index contributed by atoms with van der Waals surface area (Å²) in [6.07, 6.45) is 11.0. The van der Waals surface area contributed by atoms with Crippen molar-refractivity contribution in [1.29, 1.82) is 0 Å². The molecule has 8 heteroatoms. The molecule has 0 aliphatic heterocycles. The van der Waals surface area contributed by atoms with Crippen LogP contribution >= 0.6 is 0 Å². The Hall–Kier alpha value is -3.42. The first-order chi connectivity index (χ1) is 14.6. The molecule has 0 bridgehead atoms. The van der Waals surface area contributed by atoms with Gasteiger partial charge in [0.1, 0.15) is 0 Å². The van der Waals surface area contributed by atoms with Gasteiger partial charge in [0.2, 0.25) is 0 Å². The van der Waals surface area contributed by atoms with Gasteiger partial charge in [0.25, 0.3) is 5.56 Å². The van der Waals surface area contributed by atoms with Gasteiger partial charge in [-0.25, -0.2) is 14.5 Å². The van der Waals surface area contributed by atoms with E-state index in [0.29, 0.717) is 23.8 Å². The first-order valence-electron chi connectivity index (χ1n) is 10.3. The van der Waals surface area contributed by atoms with Crippen molar-refractivity contribution in [3.8, 4) is 16.9 Å². The SMILES string of the molecule is CC1CCCC(NC(=O)NCc2ccnc(-n3[nH]cc(-c4cccnc4)c3=O)c2)C1. The Morgan fingerprint density at radius 2 is 2.20 bits per heavy atom. The summed E-state index contributed by atoms with van der Waals surface area (Å²) in [4.78, 5) is 33.4. The number of hydrogen-bond donors (Lipinski definition) is 3. The molecule has 1 fully saturated rings. The van der Waals surface area contributed by atoms with Gasteiger partial charge in [-0.1, -0.05) is 25.8 Å². The van der Waals surface area contributed by atoms with Crippen LogP contribution in [0.1, 0.15) is 38.2 Å². The Morgan fingerprint density at radius 1 is 1.30 bits per heavy atom. The van der Waals surface area contributed by atoms with Gasteiger partial charge >= 0.3 is 6.03 Å². The number of nitrogens with zero attached hydrogens (tertiary/aromatic N) is 3. The summed E-state index contributed by atoms with van der Waals surface area (Å²) in [5, 5.41) is 8.92. The Bertz CT molecular complexity index is 1060. The van der Waals surface area contributed by atoms with Crippen molar-refractivity contribution >= 4 is 6.03 Å². The van der Waals surface area contributed by atoms with Crippen molar-refractivity contribution in [1.82, 2.24) is 30.4 Å². The van der Waals surface area contributed by atoms with Gasteiger partial charge in [-0.05, 0) is 42.5 Å². The third-order valence-corrected chi connectivity index (χ3v) is 5.51. The predicted octanol–water partition coefficient (Wildman–Crippen LogP) is 3.00. The van der Waals surface area contributed by atoms with Crippen molar-refractivity contribution in [2.45, 2.75) is 45.2 Å². The van der Waals surface area contributed by atoms with Crippen molar-refractivity contribution in [2.75, 3.05) is 0 Å². The van der Waals surface area contributed by atoms with Crippen LogP contribution in [0.2, 0.25) is 0 Å². The fourth-order valence-electron chi connectivity index (χ4n) is 3.95. The number of rotatable bonds is 5. The molecule has 3 aromatic rings. The van der Waals surface area contributed by atoms with E-state index in [-0.39, 0.29) is 17.6 Å². The average molecular weight is 406 g/mol. The molecule has 1 saturated carbocycles. The first-order valence-corrected chi connectivity index (χ1v) is 10.3. The molecule has 2 atom stereocenters. The van der Waals surface area contributed by atoms with Gasteiger partial charge in [-0.2, -0.15) is 0 Å². The zero-order valence-electron chi connectivity index (χ0n) is 17.0. The van der Waals surface area contributed by atoms with E-state index < -0.39 is 0 Å². The predicted molar refractivity (Wildman–Crippen MR) is 114 cm³/mol. The van der Waals surface area contributed by atoms with E-state index in [2.05, 4.69) is 32.6 Å². The maximum Gasteiger partial charge on any atom is 0.315 e. The van der Waals surface area contributed by atoms with Gasteiger partial charge in [0.05, 0.1) is 5.56 Å². The Kier molecular flexibility index (Phi) is 5.92. The quantitative estimate of drug-likeness (QED) is 0.606. The summed E-state index contributed by atoms with van der Waals surface area (Å²) in [6.45, 7) is 2.58. The number of aromatic nitrogens is 4. The van der Waals surface area contributed by atoms with Crippen molar-refractivity contribution in [3.05, 3.63) is 65.0 Å². The lowest BCUT2D eigenvalue weighted by molar-refractivity contribution is 0.227. The summed E-state index contributed by atoms with van der Waals surface area (Å²) in [5.41, 5.74) is 1.92. The van der Waals surface area contributed by atoms with Gasteiger partial charge < -0.3 is 10.6 Å². The van der Waals surface area contributed by atoms with E-state index in [0.717, 1.165) is 30.4 Å². The molecule has 2 amide bonds. The molecular weight excluding hydrogens is 380 g/mol. The molecule has 1 aliphatic rings. The van der Waals surface area contributed by atoms with Crippen molar-refractivity contribution in [3.63, 3.8) is 0 Å². The highest BCUT2D eigenvalue weighted by molar-refractivity contribution is 5.74. The van der Waals surface area contributed by atoms with E-state index in [1.54, 1.807) is 36.9 Å². The molecule has 0 spiro atoms. The molecule has 3 aromatic heterocycles. The van der Waals surface area contributed by atoms with Crippen LogP contribution in [-0.2, 0) is 6.54 Å². The number of hydrogen-bond acceptors (Lipinski definition) is 4. The number of nitrogens with one attached hydrogen (secondary N) is 3. The zero-order valence-corrected chi connectivity index (χ0v) is 17.0. The molecule has 8 nitrogen and oxygen atoms in total. The summed E-state index contributed by atoms with van der Waals surface area (Å²) >= 11 is 0. The number of amides is 2. The van der Waals surface area contributed by atoms with E-state index in [1.165, 1.54) is 11.1 Å². The second kappa shape index (κ2) is 8.94. The molecule has 3 N–H and O–H groups in total. The van der Waals surface area contributed by atoms with Crippen LogP contribution in [0.4, 0.5) is 4.79 Å². The summed E-state index contributed by atoms with van der Waals surface area (Å²) in [5.74, 6) is 1.12. The number of pyridine rings is 2. The molecule has 2 unspecified atom stereocenters. The fourth-order valence-corrected chi connectivity index (χ4v) is 3.95. The monoisotopic (exact) mass is 406 g/mol. The minimum absolute atomic E-state index is 0.164. The standard InChI is InChI=1S/C22H26N6O2/c1-15-4-2-6-18(10-15)27-22(30)25-12-16-7-9-24-20(11-16)28-21(29)19(14-26-28)17-5-3-8-23-13-17/h3,5,7-9,11,13-15,18,26H,2,4,6,10,12H2,1H3,(H2,25,27,30). The number of carbonyl (C=O) groups is 1. The number of aromatic amines is 1. The van der Waals surface area contributed by atoms with Crippen LogP contribution in [0.15, 0.2) is 53.8 Å². The fraction of sp³-hybridized carbons (Fsp3) is 0.364. The highest BCUT2D eigenvalue weighted by atomic mass is 16.2. The molecule has 3 heterocycles. The molecular formula is C22H26N6O2. The average Bonchev–Trinajstić information content (AvgIpc) is 3.14. The molecule has 1 aliphatic carbocycles. The molecule has 156 valence electrons. The van der Waals surface area contributed by atoms with Gasteiger partial charge in [0, 0.05) is 42.9 Å². The maximum atomic E-state index is 12.8. The minimum Gasteiger partial charge on any atom is -0.335 e. The van der Waals surface area contributed by atoms with E-state index in [4.69, 9.17) is 0 Å². The van der Waals surface area contributed by atoms with Gasteiger partial charge in [-0.3, -0.25) is 14.9 Å². The number of H-pyrrole nitrogens is 1. The number of urea groups is 1. The van der Waals surface area contributed by atoms with Crippen LogP contribution in [0, 0.1) is 5.92 Å². The van der Waals surface area contributed by atoms with Crippen molar-refractivity contribution in [2.24, 2.45) is 5.92 Å². The minimum atomic E-state index is -0.204. The normalized spacial score (nSPS) is 18.7. The van der Waals surface area contributed by atoms with Crippen molar-refractivity contribution < 1.29 is 4.79 Å². The maximum absolute atomic E-state index is 12.8. The van der Waals surface area contributed by atoms with Crippen LogP contribution in [0.3, 0.4) is 0 Å². The largest absolute Gasteiger partial charge is 0.335 e. The highest BCUT2D eigenvalue weighted by Crippen LogP contribution is 2.23. The summed E-state index contributed by atoms with van der Waals surface area (Å²) < 4.78 is 1.38. The molecule has 0 aromatic carbocycles. The third kappa shape index (κ3) is 4.59. The van der Waals surface area contributed by atoms with Crippen LogP contribution in [0.25, 0.3) is 16.9 Å². The number of carbonyl (C=O) groups excluding carboxylic acids is 1. The Morgan fingerprint density at radius 3 is 3.00 bits per heavy atom. The Balaban J connectivity index is 1.42. The summed E-state index contributed by atoms with van der Waals surface area (Å²) in [7, 11) is 0. The smallest absolute Gasteiger partial charge is 0.315 e. The van der Waals surface area contributed by atoms with Gasteiger partial charge in [0.15, 0.2) is 5.82 Å². The second-order valence-electron chi connectivity index (χ2n) is 7.89. The molecule has 0 radical (unpaired) electrons. The topological polar surface area (TPSA) is 105 Å². The lowest BCUT2D eigenvalue weighted by Crippen LogP contribution is -2.43. The lowest BCUT2D eigenvalue weighted by atomic mass is 9.87. The van der Waals surface area contributed by atoms with Crippen LogP contribution in [0.5, 0.6) is 0 Å². The van der Waals surface area contributed by atoms with Crippen LogP contribution < -0.4 is 16.2 Å². The van der Waals surface area contributed by atoms with E-state index in [1.807, 2.05) is 12.1 Å². The third-order valence-electron chi connectivity index (χ3n) is 5.51.